The lowest BCUT2D eigenvalue weighted by molar-refractivity contribution is 0.781. The van der Waals surface area contributed by atoms with E-state index < -0.39 is 0 Å². The molecule has 0 bridgehead atoms. The van der Waals surface area contributed by atoms with Crippen LogP contribution in [0, 0.1) is 6.92 Å². The molecule has 1 aromatic heterocycles. The van der Waals surface area contributed by atoms with E-state index in [9.17, 15) is 0 Å². The molecule has 0 amide bonds. The summed E-state index contributed by atoms with van der Waals surface area (Å²) in [5, 5.41) is 0.747. The average molecular weight is 208 g/mol. The number of hydrogen-bond donors (Lipinski definition) is 0. The van der Waals surface area contributed by atoms with Crippen molar-refractivity contribution in [1.29, 1.82) is 0 Å². The third kappa shape index (κ3) is 2.21. The average Bonchev–Trinajstić information content (AvgIpc) is 2.18. The molecule has 14 heavy (non-hydrogen) atoms. The number of nitrogens with zero attached hydrogens (tertiary/aromatic N) is 2. The molecular formula is C11H16N2S. The standard InChI is InChI=1S/C11H16N2S/c1-9-7-11(3-4-12-9)13-5-6-14-10(2)8-13/h3-4,7,10H,5-6,8H2,1-2H3. The van der Waals surface area contributed by atoms with Crippen LogP contribution >= 0.6 is 11.8 Å². The smallest absolute Gasteiger partial charge is 0.0400 e. The maximum Gasteiger partial charge on any atom is 0.0400 e. The van der Waals surface area contributed by atoms with Crippen molar-refractivity contribution in [3.05, 3.63) is 24.0 Å². The number of pyridine rings is 1. The van der Waals surface area contributed by atoms with Crippen molar-refractivity contribution in [3.63, 3.8) is 0 Å². The van der Waals surface area contributed by atoms with Gasteiger partial charge < -0.3 is 4.90 Å². The van der Waals surface area contributed by atoms with Crippen LogP contribution in [0.5, 0.6) is 0 Å². The zero-order valence-corrected chi connectivity index (χ0v) is 9.55. The van der Waals surface area contributed by atoms with Crippen LogP contribution < -0.4 is 4.90 Å². The molecule has 0 N–H and O–H groups in total. The van der Waals surface area contributed by atoms with Crippen LogP contribution in [0.4, 0.5) is 5.69 Å². The quantitative estimate of drug-likeness (QED) is 0.704. The summed E-state index contributed by atoms with van der Waals surface area (Å²) in [6.07, 6.45) is 1.90. The summed E-state index contributed by atoms with van der Waals surface area (Å²) in [6, 6.07) is 4.28. The molecule has 0 aliphatic carbocycles. The Kier molecular flexibility index (Phi) is 2.96. The van der Waals surface area contributed by atoms with Gasteiger partial charge in [-0.15, -0.1) is 0 Å². The second-order valence-corrected chi connectivity index (χ2v) is 5.33. The highest BCUT2D eigenvalue weighted by molar-refractivity contribution is 8.00. The van der Waals surface area contributed by atoms with Gasteiger partial charge in [0.25, 0.3) is 0 Å². The van der Waals surface area contributed by atoms with Crippen LogP contribution in [-0.2, 0) is 0 Å². The van der Waals surface area contributed by atoms with Gasteiger partial charge in [-0.05, 0) is 19.1 Å². The molecule has 3 heteroatoms. The first-order valence-electron chi connectivity index (χ1n) is 5.05. The second kappa shape index (κ2) is 4.22. The van der Waals surface area contributed by atoms with Gasteiger partial charge in [-0.1, -0.05) is 6.92 Å². The molecule has 2 nitrogen and oxygen atoms in total. The molecule has 1 aliphatic rings. The zero-order valence-electron chi connectivity index (χ0n) is 8.73. The van der Waals surface area contributed by atoms with Crippen molar-refractivity contribution in [2.75, 3.05) is 23.7 Å². The summed E-state index contributed by atoms with van der Waals surface area (Å²) in [6.45, 7) is 6.67. The van der Waals surface area contributed by atoms with E-state index in [0.717, 1.165) is 17.5 Å². The lowest BCUT2D eigenvalue weighted by atomic mass is 10.3. The lowest BCUT2D eigenvalue weighted by Crippen LogP contribution is -2.36. The summed E-state index contributed by atoms with van der Waals surface area (Å²) in [5.41, 5.74) is 2.43. The summed E-state index contributed by atoms with van der Waals surface area (Å²) in [7, 11) is 0. The van der Waals surface area contributed by atoms with Gasteiger partial charge in [-0.2, -0.15) is 11.8 Å². The van der Waals surface area contributed by atoms with E-state index in [1.165, 1.54) is 18.0 Å². The Labute approximate surface area is 89.7 Å². The van der Waals surface area contributed by atoms with Crippen LogP contribution in [0.1, 0.15) is 12.6 Å². The third-order valence-corrected chi connectivity index (χ3v) is 3.62. The van der Waals surface area contributed by atoms with Crippen LogP contribution in [0.2, 0.25) is 0 Å². The molecule has 2 heterocycles. The Morgan fingerprint density at radius 2 is 2.43 bits per heavy atom. The number of rotatable bonds is 1. The van der Waals surface area contributed by atoms with Gasteiger partial charge in [-0.3, -0.25) is 4.98 Å². The van der Waals surface area contributed by atoms with Gasteiger partial charge in [0.1, 0.15) is 0 Å². The van der Waals surface area contributed by atoms with Crippen molar-refractivity contribution < 1.29 is 0 Å². The normalized spacial score (nSPS) is 22.4. The molecule has 1 fully saturated rings. The van der Waals surface area contributed by atoms with E-state index in [2.05, 4.69) is 40.7 Å². The van der Waals surface area contributed by atoms with E-state index in [1.807, 2.05) is 13.1 Å². The van der Waals surface area contributed by atoms with Crippen LogP contribution in [0.3, 0.4) is 0 Å². The molecule has 1 aromatic rings. The van der Waals surface area contributed by atoms with E-state index in [0.29, 0.717) is 0 Å². The Morgan fingerprint density at radius 1 is 1.57 bits per heavy atom. The topological polar surface area (TPSA) is 16.1 Å². The van der Waals surface area contributed by atoms with Gasteiger partial charge in [0.05, 0.1) is 0 Å². The van der Waals surface area contributed by atoms with Crippen molar-refractivity contribution in [2.24, 2.45) is 0 Å². The highest BCUT2D eigenvalue weighted by Crippen LogP contribution is 2.23. The Balaban J connectivity index is 2.14. The molecule has 0 saturated carbocycles. The Morgan fingerprint density at radius 3 is 3.14 bits per heavy atom. The lowest BCUT2D eigenvalue weighted by Gasteiger charge is -2.32. The van der Waals surface area contributed by atoms with Gasteiger partial charge in [-0.25, -0.2) is 0 Å². The molecule has 1 aliphatic heterocycles. The minimum Gasteiger partial charge on any atom is -0.370 e. The summed E-state index contributed by atoms with van der Waals surface area (Å²) in [5.74, 6) is 1.24. The van der Waals surface area contributed by atoms with Gasteiger partial charge >= 0.3 is 0 Å². The molecule has 1 saturated heterocycles. The molecule has 1 atom stereocenters. The number of thioether (sulfide) groups is 1. The molecular weight excluding hydrogens is 192 g/mol. The first-order valence-corrected chi connectivity index (χ1v) is 6.10. The number of aryl methyl sites for hydroxylation is 1. The summed E-state index contributed by atoms with van der Waals surface area (Å²) >= 11 is 2.06. The second-order valence-electron chi connectivity index (χ2n) is 3.78. The number of hydrogen-bond acceptors (Lipinski definition) is 3. The maximum absolute atomic E-state index is 4.22. The largest absolute Gasteiger partial charge is 0.370 e. The predicted octanol–water partition coefficient (Wildman–Crippen LogP) is 2.33. The van der Waals surface area contributed by atoms with Crippen LogP contribution in [0.15, 0.2) is 18.3 Å². The first kappa shape index (κ1) is 9.84. The van der Waals surface area contributed by atoms with Crippen molar-refractivity contribution in [1.82, 2.24) is 4.98 Å². The van der Waals surface area contributed by atoms with E-state index in [4.69, 9.17) is 0 Å². The predicted molar refractivity (Wildman–Crippen MR) is 63.1 cm³/mol. The highest BCUT2D eigenvalue weighted by atomic mass is 32.2. The fourth-order valence-corrected chi connectivity index (χ4v) is 2.79. The Bertz CT molecular complexity index is 314. The SMILES string of the molecule is Cc1cc(N2CCSC(C)C2)ccn1. The van der Waals surface area contributed by atoms with Crippen molar-refractivity contribution in [3.8, 4) is 0 Å². The zero-order chi connectivity index (χ0) is 9.97. The summed E-state index contributed by atoms with van der Waals surface area (Å²) < 4.78 is 0. The molecule has 76 valence electrons. The van der Waals surface area contributed by atoms with Gasteiger partial charge in [0.2, 0.25) is 0 Å². The minimum atomic E-state index is 0.747. The molecule has 2 rings (SSSR count). The minimum absolute atomic E-state index is 0.747. The van der Waals surface area contributed by atoms with Crippen molar-refractivity contribution in [2.45, 2.75) is 19.1 Å². The fourth-order valence-electron chi connectivity index (χ4n) is 1.78. The molecule has 0 aromatic carbocycles. The maximum atomic E-state index is 4.22. The number of anilines is 1. The summed E-state index contributed by atoms with van der Waals surface area (Å²) in [4.78, 5) is 6.68. The Hall–Kier alpha value is -0.700. The van der Waals surface area contributed by atoms with E-state index in [-0.39, 0.29) is 0 Å². The van der Waals surface area contributed by atoms with Crippen LogP contribution in [-0.4, -0.2) is 29.1 Å². The fraction of sp³-hybridized carbons (Fsp3) is 0.545. The molecule has 1 unspecified atom stereocenters. The van der Waals surface area contributed by atoms with Crippen LogP contribution in [0.25, 0.3) is 0 Å². The van der Waals surface area contributed by atoms with Gasteiger partial charge in [0, 0.05) is 41.7 Å². The monoisotopic (exact) mass is 208 g/mol. The van der Waals surface area contributed by atoms with Crippen molar-refractivity contribution >= 4 is 17.4 Å². The van der Waals surface area contributed by atoms with E-state index in [1.54, 1.807) is 0 Å². The van der Waals surface area contributed by atoms with Gasteiger partial charge in [0.15, 0.2) is 0 Å². The van der Waals surface area contributed by atoms with E-state index >= 15 is 0 Å². The third-order valence-electron chi connectivity index (χ3n) is 2.49. The highest BCUT2D eigenvalue weighted by Gasteiger charge is 2.16. The molecule has 0 spiro atoms. The number of aromatic nitrogens is 1. The molecule has 0 radical (unpaired) electrons. The first-order chi connectivity index (χ1) is 6.75.